The highest BCUT2D eigenvalue weighted by Crippen LogP contribution is 2.13. The van der Waals surface area contributed by atoms with Crippen molar-refractivity contribution in [3.63, 3.8) is 0 Å². The van der Waals surface area contributed by atoms with Gasteiger partial charge in [-0.3, -0.25) is 38.4 Å². The Balaban J connectivity index is 3.21. The summed E-state index contributed by atoms with van der Waals surface area (Å²) in [6.07, 6.45) is -0.998. The number of amides is 6. The second-order valence-corrected chi connectivity index (χ2v) is 13.5. The molecule has 56 heavy (non-hydrogen) atoms. The minimum atomic E-state index is -1.72. The van der Waals surface area contributed by atoms with Gasteiger partial charge >= 0.3 is 17.9 Å². The summed E-state index contributed by atoms with van der Waals surface area (Å²) in [6.45, 7) is 7.07. The molecular formula is C36H55N7O13. The van der Waals surface area contributed by atoms with Gasteiger partial charge in [-0.25, -0.2) is 4.79 Å². The molecule has 0 saturated carbocycles. The number of nitrogens with one attached hydrogen (secondary N) is 6. The van der Waals surface area contributed by atoms with Crippen LogP contribution in [0.25, 0.3) is 0 Å². The SMILES string of the molecule is CC[C@H](C)[C@H](NC(=O)[C@@H](NC(=O)[C@H](CO)NC(=O)[C@H](Cc1ccccc1)NC(=O)[C@H](C)NC(=O)[C@H](CC(=O)O)NC(=O)[C@@H](N)CCC(=O)O)[C@@H](C)CC)C(=O)O. The highest BCUT2D eigenvalue weighted by molar-refractivity contribution is 5.97. The zero-order valence-corrected chi connectivity index (χ0v) is 32.1. The highest BCUT2D eigenvalue weighted by Gasteiger charge is 2.35. The van der Waals surface area contributed by atoms with Gasteiger partial charge in [0.2, 0.25) is 35.4 Å². The maximum Gasteiger partial charge on any atom is 0.326 e. The fraction of sp³-hybridized carbons (Fsp3) is 0.583. The van der Waals surface area contributed by atoms with E-state index in [-0.39, 0.29) is 12.8 Å². The Morgan fingerprint density at radius 2 is 1.11 bits per heavy atom. The number of aliphatic hydroxyl groups is 1. The molecule has 9 atom stereocenters. The Labute approximate surface area is 324 Å². The van der Waals surface area contributed by atoms with Crippen LogP contribution in [-0.4, -0.2) is 123 Å². The van der Waals surface area contributed by atoms with Gasteiger partial charge in [0.1, 0.15) is 36.3 Å². The summed E-state index contributed by atoms with van der Waals surface area (Å²) in [5.74, 6) is -10.7. The van der Waals surface area contributed by atoms with Crippen molar-refractivity contribution in [2.24, 2.45) is 17.6 Å². The van der Waals surface area contributed by atoms with Crippen LogP contribution in [0.15, 0.2) is 30.3 Å². The summed E-state index contributed by atoms with van der Waals surface area (Å²) in [5, 5.41) is 52.1. The first-order valence-electron chi connectivity index (χ1n) is 18.1. The van der Waals surface area contributed by atoms with E-state index >= 15 is 0 Å². The van der Waals surface area contributed by atoms with Crippen LogP contribution in [0.1, 0.15) is 72.3 Å². The minimum Gasteiger partial charge on any atom is -0.481 e. The maximum absolute atomic E-state index is 13.6. The van der Waals surface area contributed by atoms with Crippen molar-refractivity contribution < 1.29 is 63.6 Å². The maximum atomic E-state index is 13.6. The van der Waals surface area contributed by atoms with Gasteiger partial charge < -0.3 is 58.1 Å². The molecule has 0 aliphatic heterocycles. The summed E-state index contributed by atoms with van der Waals surface area (Å²) in [6, 6.07) is -1.75. The molecule has 12 N–H and O–H groups in total. The molecule has 0 fully saturated rings. The number of carboxylic acid groups (broad SMARTS) is 3. The molecule has 1 aromatic rings. The van der Waals surface area contributed by atoms with Crippen molar-refractivity contribution in [1.82, 2.24) is 31.9 Å². The van der Waals surface area contributed by atoms with E-state index in [2.05, 4.69) is 31.9 Å². The van der Waals surface area contributed by atoms with E-state index in [0.717, 1.165) is 0 Å². The van der Waals surface area contributed by atoms with Gasteiger partial charge in [0.15, 0.2) is 0 Å². The molecule has 0 aliphatic rings. The molecule has 0 heterocycles. The molecule has 0 spiro atoms. The van der Waals surface area contributed by atoms with Crippen molar-refractivity contribution in [2.45, 2.75) is 115 Å². The van der Waals surface area contributed by atoms with Crippen LogP contribution in [0.5, 0.6) is 0 Å². The predicted molar refractivity (Wildman–Crippen MR) is 198 cm³/mol. The molecular weight excluding hydrogens is 738 g/mol. The van der Waals surface area contributed by atoms with Crippen LogP contribution in [0.4, 0.5) is 0 Å². The Morgan fingerprint density at radius 1 is 0.607 bits per heavy atom. The first-order valence-corrected chi connectivity index (χ1v) is 18.1. The van der Waals surface area contributed by atoms with Gasteiger partial charge in [0, 0.05) is 12.8 Å². The molecule has 0 unspecified atom stereocenters. The quantitative estimate of drug-likeness (QED) is 0.0510. The highest BCUT2D eigenvalue weighted by atomic mass is 16.4. The Kier molecular flexibility index (Phi) is 20.7. The molecule has 0 radical (unpaired) electrons. The van der Waals surface area contributed by atoms with E-state index in [1.807, 2.05) is 0 Å². The predicted octanol–water partition coefficient (Wildman–Crippen LogP) is -2.01. The van der Waals surface area contributed by atoms with Crippen LogP contribution >= 0.6 is 0 Å². The molecule has 0 aliphatic carbocycles. The number of carboxylic acids is 3. The summed E-state index contributed by atoms with van der Waals surface area (Å²) >= 11 is 0. The molecule has 1 aromatic carbocycles. The van der Waals surface area contributed by atoms with Crippen LogP contribution in [0.2, 0.25) is 0 Å². The summed E-state index contributed by atoms with van der Waals surface area (Å²) in [7, 11) is 0. The first kappa shape index (κ1) is 48.4. The molecule has 20 nitrogen and oxygen atoms in total. The smallest absolute Gasteiger partial charge is 0.326 e. The molecule has 0 aromatic heterocycles. The third kappa shape index (κ3) is 16.4. The molecule has 20 heteroatoms. The van der Waals surface area contributed by atoms with Crippen molar-refractivity contribution in [3.05, 3.63) is 35.9 Å². The van der Waals surface area contributed by atoms with Crippen molar-refractivity contribution in [3.8, 4) is 0 Å². The van der Waals surface area contributed by atoms with Crippen molar-refractivity contribution in [2.75, 3.05) is 6.61 Å². The largest absolute Gasteiger partial charge is 0.481 e. The van der Waals surface area contributed by atoms with E-state index in [0.29, 0.717) is 18.4 Å². The summed E-state index contributed by atoms with van der Waals surface area (Å²) < 4.78 is 0. The standard InChI is InChI=1S/C36H55N7O13/c1-6-18(3)28(35(54)43-29(36(55)56)19(4)7-2)42-34(53)25(17-44)41-33(52)23(15-21-11-9-8-10-12-21)39-30(49)20(5)38-32(51)24(16-27(47)48)40-31(50)22(37)13-14-26(45)46/h8-12,18-20,22-25,28-29,44H,6-7,13-17,37H2,1-5H3,(H,38,51)(H,39,49)(H,40,50)(H,41,52)(H,42,53)(H,43,54)(H,45,46)(H,47,48)(H,55,56)/t18-,19-,20-,22-,23-,24-,25-,28-,29-/m0/s1. The number of aliphatic carboxylic acids is 3. The third-order valence-electron chi connectivity index (χ3n) is 9.07. The Morgan fingerprint density at radius 3 is 1.62 bits per heavy atom. The number of carbonyl (C=O) groups excluding carboxylic acids is 6. The average molecular weight is 794 g/mol. The molecule has 312 valence electrons. The number of rotatable bonds is 25. The summed E-state index contributed by atoms with van der Waals surface area (Å²) in [5.41, 5.74) is 6.22. The monoisotopic (exact) mass is 793 g/mol. The molecule has 0 bridgehead atoms. The minimum absolute atomic E-state index is 0.144. The third-order valence-corrected chi connectivity index (χ3v) is 9.07. The number of carbonyl (C=O) groups is 9. The number of aliphatic hydroxyl groups excluding tert-OH is 1. The van der Waals surface area contributed by atoms with Gasteiger partial charge in [-0.1, -0.05) is 70.9 Å². The van der Waals surface area contributed by atoms with E-state index in [1.54, 1.807) is 58.0 Å². The average Bonchev–Trinajstić information content (AvgIpc) is 3.15. The Hall–Kier alpha value is -5.63. The number of benzene rings is 1. The van der Waals surface area contributed by atoms with E-state index in [4.69, 9.17) is 10.8 Å². The lowest BCUT2D eigenvalue weighted by Crippen LogP contribution is -2.61. The normalized spacial score (nSPS) is 15.8. The van der Waals surface area contributed by atoms with Gasteiger partial charge in [-0.05, 0) is 30.7 Å². The van der Waals surface area contributed by atoms with E-state index in [1.165, 1.54) is 6.92 Å². The number of hydrogen-bond donors (Lipinski definition) is 11. The van der Waals surface area contributed by atoms with Gasteiger partial charge in [-0.2, -0.15) is 0 Å². The lowest BCUT2D eigenvalue weighted by atomic mass is 9.95. The molecule has 1 rings (SSSR count). The lowest BCUT2D eigenvalue weighted by Gasteiger charge is -2.29. The van der Waals surface area contributed by atoms with Crippen molar-refractivity contribution >= 4 is 53.4 Å². The number of nitrogens with two attached hydrogens (primary N) is 1. The van der Waals surface area contributed by atoms with Gasteiger partial charge in [0.05, 0.1) is 19.1 Å². The molecule has 0 saturated heterocycles. The van der Waals surface area contributed by atoms with Crippen molar-refractivity contribution in [1.29, 1.82) is 0 Å². The number of hydrogen-bond acceptors (Lipinski definition) is 11. The van der Waals surface area contributed by atoms with E-state index in [9.17, 15) is 58.5 Å². The van der Waals surface area contributed by atoms with Crippen LogP contribution in [0, 0.1) is 11.8 Å². The topological polar surface area (TPSA) is 333 Å². The zero-order chi connectivity index (χ0) is 42.7. The Bertz CT molecular complexity index is 1540. The molecule has 6 amide bonds. The van der Waals surface area contributed by atoms with Crippen LogP contribution in [-0.2, 0) is 49.6 Å². The second-order valence-electron chi connectivity index (χ2n) is 13.5. The van der Waals surface area contributed by atoms with Gasteiger partial charge in [-0.15, -0.1) is 0 Å². The van der Waals surface area contributed by atoms with Crippen LogP contribution < -0.4 is 37.6 Å². The van der Waals surface area contributed by atoms with E-state index < -0.39 is 127 Å². The second kappa shape index (κ2) is 24.0. The zero-order valence-electron chi connectivity index (χ0n) is 32.1. The fourth-order valence-corrected chi connectivity index (χ4v) is 5.16. The van der Waals surface area contributed by atoms with Crippen LogP contribution in [0.3, 0.4) is 0 Å². The summed E-state index contributed by atoms with van der Waals surface area (Å²) in [4.78, 5) is 113. The fourth-order valence-electron chi connectivity index (χ4n) is 5.16. The van der Waals surface area contributed by atoms with Gasteiger partial charge in [0.25, 0.3) is 0 Å². The first-order chi connectivity index (χ1) is 26.2. The lowest BCUT2D eigenvalue weighted by molar-refractivity contribution is -0.144.